The molecule has 2 aromatic carbocycles. The summed E-state index contributed by atoms with van der Waals surface area (Å²) < 4.78 is 18.6. The smallest absolute Gasteiger partial charge is 0.311 e. The van der Waals surface area contributed by atoms with Crippen molar-refractivity contribution < 1.29 is 19.0 Å². The molecule has 1 fully saturated rings. The zero-order valence-electron chi connectivity index (χ0n) is 28.2. The minimum Gasteiger partial charge on any atom is -0.483 e. The van der Waals surface area contributed by atoms with E-state index in [9.17, 15) is 4.79 Å². The fourth-order valence-electron chi connectivity index (χ4n) is 7.10. The Morgan fingerprint density at radius 2 is 1.76 bits per heavy atom. The van der Waals surface area contributed by atoms with Gasteiger partial charge in [-0.15, -0.1) is 12.4 Å². The highest BCUT2D eigenvalue weighted by molar-refractivity contribution is 5.85. The number of halogens is 1. The fourth-order valence-corrected chi connectivity index (χ4v) is 7.10. The standard InChI is InChI=1S/C38H54N2O4.ClH/c1-6-7-9-13-28(2)29(3)31-24-34(43-36(41)16-12-18-39-20-22-42-23-21-39)37-32-27-40(26-30-14-10-8-11-15-30)19-17-33(32)38(4,5)44-35(37)25-31;/h8,10-11,14-15,24-25,28-29H,6-7,9,12-13,16-23,26-27H2,1-5H3;1H. The first-order chi connectivity index (χ1) is 21.2. The Bertz CT molecular complexity index is 1290. The van der Waals surface area contributed by atoms with Crippen molar-refractivity contribution in [3.63, 3.8) is 0 Å². The van der Waals surface area contributed by atoms with Gasteiger partial charge in [-0.25, -0.2) is 0 Å². The van der Waals surface area contributed by atoms with Gasteiger partial charge in [-0.05, 0) is 79.5 Å². The second-order valence-corrected chi connectivity index (χ2v) is 13.7. The van der Waals surface area contributed by atoms with Crippen molar-refractivity contribution in [2.75, 3.05) is 45.9 Å². The molecule has 1 saturated heterocycles. The zero-order valence-corrected chi connectivity index (χ0v) is 29.1. The summed E-state index contributed by atoms with van der Waals surface area (Å²) >= 11 is 0. The lowest BCUT2D eigenvalue weighted by Gasteiger charge is -2.43. The number of benzene rings is 2. The van der Waals surface area contributed by atoms with Gasteiger partial charge in [0.2, 0.25) is 0 Å². The van der Waals surface area contributed by atoms with Crippen molar-refractivity contribution in [1.29, 1.82) is 0 Å². The number of fused-ring (bicyclic) bond motifs is 2. The van der Waals surface area contributed by atoms with Crippen LogP contribution >= 0.6 is 12.4 Å². The van der Waals surface area contributed by atoms with Gasteiger partial charge < -0.3 is 14.2 Å². The molecular formula is C38H55ClN2O4. The highest BCUT2D eigenvalue weighted by Gasteiger charge is 2.40. The number of morpholine rings is 1. The molecule has 45 heavy (non-hydrogen) atoms. The van der Waals surface area contributed by atoms with E-state index in [1.165, 1.54) is 48.0 Å². The SMILES string of the molecule is CCCCCC(C)C(C)c1cc(OC(=O)CCCN2CCOCC2)c2c(c1)OC(C)(C)C1=C2CN(Cc2ccccc2)CC1.Cl. The summed E-state index contributed by atoms with van der Waals surface area (Å²) in [6, 6.07) is 15.1. The first-order valence-electron chi connectivity index (χ1n) is 17.1. The maximum absolute atomic E-state index is 13.4. The van der Waals surface area contributed by atoms with Crippen LogP contribution in [0.25, 0.3) is 5.57 Å². The highest BCUT2D eigenvalue weighted by Crippen LogP contribution is 2.50. The summed E-state index contributed by atoms with van der Waals surface area (Å²) in [7, 11) is 0. The van der Waals surface area contributed by atoms with Gasteiger partial charge in [-0.2, -0.15) is 0 Å². The van der Waals surface area contributed by atoms with E-state index >= 15 is 0 Å². The lowest BCUT2D eigenvalue weighted by Crippen LogP contribution is -2.42. The molecule has 6 nitrogen and oxygen atoms in total. The van der Waals surface area contributed by atoms with Gasteiger partial charge in [-0.3, -0.25) is 14.6 Å². The van der Waals surface area contributed by atoms with Crippen molar-refractivity contribution >= 4 is 23.9 Å². The molecule has 0 aromatic heterocycles. The third kappa shape index (κ3) is 9.12. The molecule has 0 radical (unpaired) electrons. The van der Waals surface area contributed by atoms with E-state index < -0.39 is 5.60 Å². The van der Waals surface area contributed by atoms with E-state index in [1.54, 1.807) is 0 Å². The molecule has 2 unspecified atom stereocenters. The monoisotopic (exact) mass is 638 g/mol. The number of hydrogen-bond acceptors (Lipinski definition) is 6. The number of hydrogen-bond donors (Lipinski definition) is 0. The molecule has 0 amide bonds. The molecule has 0 aliphatic carbocycles. The van der Waals surface area contributed by atoms with Crippen molar-refractivity contribution in [2.45, 2.75) is 97.6 Å². The highest BCUT2D eigenvalue weighted by atomic mass is 35.5. The second kappa shape index (κ2) is 16.4. The van der Waals surface area contributed by atoms with Gasteiger partial charge in [0, 0.05) is 39.1 Å². The second-order valence-electron chi connectivity index (χ2n) is 13.7. The molecule has 0 spiro atoms. The Hall–Kier alpha value is -2.38. The van der Waals surface area contributed by atoms with E-state index in [2.05, 4.69) is 86.9 Å². The van der Waals surface area contributed by atoms with Crippen molar-refractivity contribution in [3.05, 3.63) is 64.7 Å². The number of unbranched alkanes of at least 4 members (excludes halogenated alkanes) is 2. The summed E-state index contributed by atoms with van der Waals surface area (Å²) in [5.41, 5.74) is 5.68. The molecular weight excluding hydrogens is 584 g/mol. The summed E-state index contributed by atoms with van der Waals surface area (Å²) in [6.45, 7) is 18.3. The van der Waals surface area contributed by atoms with Crippen LogP contribution in [0.4, 0.5) is 0 Å². The van der Waals surface area contributed by atoms with E-state index in [0.29, 0.717) is 24.0 Å². The number of ether oxygens (including phenoxy) is 3. The molecule has 5 rings (SSSR count). The Kier molecular flexibility index (Phi) is 13.0. The summed E-state index contributed by atoms with van der Waals surface area (Å²) in [6.07, 6.45) is 7.06. The van der Waals surface area contributed by atoms with Gasteiger partial charge >= 0.3 is 5.97 Å². The average molecular weight is 639 g/mol. The zero-order chi connectivity index (χ0) is 31.1. The molecule has 7 heteroatoms. The Labute approximate surface area is 277 Å². The third-order valence-corrected chi connectivity index (χ3v) is 9.98. The maximum Gasteiger partial charge on any atom is 0.311 e. The van der Waals surface area contributed by atoms with Crippen LogP contribution in [0.15, 0.2) is 48.0 Å². The predicted octanol–water partition coefficient (Wildman–Crippen LogP) is 8.28. The van der Waals surface area contributed by atoms with Gasteiger partial charge in [0.25, 0.3) is 0 Å². The van der Waals surface area contributed by atoms with Crippen molar-refractivity contribution in [1.82, 2.24) is 9.80 Å². The average Bonchev–Trinajstić information content (AvgIpc) is 3.01. The molecule has 0 N–H and O–H groups in total. The van der Waals surface area contributed by atoms with Gasteiger partial charge in [0.05, 0.1) is 18.8 Å². The Morgan fingerprint density at radius 3 is 2.49 bits per heavy atom. The maximum atomic E-state index is 13.4. The van der Waals surface area contributed by atoms with Crippen molar-refractivity contribution in [3.8, 4) is 11.5 Å². The Morgan fingerprint density at radius 1 is 1.00 bits per heavy atom. The van der Waals surface area contributed by atoms with Crippen LogP contribution in [0.5, 0.6) is 11.5 Å². The normalized spacial score (nSPS) is 19.5. The molecule has 248 valence electrons. The quantitative estimate of drug-likeness (QED) is 0.125. The van der Waals surface area contributed by atoms with Gasteiger partial charge in [0.15, 0.2) is 0 Å². The molecule has 3 heterocycles. The first-order valence-corrected chi connectivity index (χ1v) is 17.1. The number of nitrogens with zero attached hydrogens (tertiary/aromatic N) is 2. The van der Waals surface area contributed by atoms with Crippen LogP contribution in [0.2, 0.25) is 0 Å². The molecule has 3 aliphatic heterocycles. The van der Waals surface area contributed by atoms with Crippen LogP contribution in [0.3, 0.4) is 0 Å². The molecule has 0 bridgehead atoms. The van der Waals surface area contributed by atoms with Crippen LogP contribution < -0.4 is 9.47 Å². The van der Waals surface area contributed by atoms with Crippen LogP contribution in [-0.2, 0) is 16.1 Å². The van der Waals surface area contributed by atoms with Crippen LogP contribution in [-0.4, -0.2) is 67.3 Å². The molecule has 2 aromatic rings. The van der Waals surface area contributed by atoms with E-state index in [1.807, 2.05) is 0 Å². The fraction of sp³-hybridized carbons (Fsp3) is 0.605. The molecule has 2 atom stereocenters. The topological polar surface area (TPSA) is 51.2 Å². The summed E-state index contributed by atoms with van der Waals surface area (Å²) in [5.74, 6) is 2.23. The van der Waals surface area contributed by atoms with E-state index in [-0.39, 0.29) is 18.4 Å². The Balaban J connectivity index is 0.00000461. The number of carbonyl (C=O) groups excluding carboxylic acids is 1. The minimum atomic E-state index is -0.408. The predicted molar refractivity (Wildman–Crippen MR) is 186 cm³/mol. The summed E-state index contributed by atoms with van der Waals surface area (Å²) in [4.78, 5) is 18.3. The van der Waals surface area contributed by atoms with Crippen molar-refractivity contribution in [2.24, 2.45) is 5.92 Å². The largest absolute Gasteiger partial charge is 0.483 e. The van der Waals surface area contributed by atoms with E-state index in [0.717, 1.165) is 76.6 Å². The molecule has 0 saturated carbocycles. The minimum absolute atomic E-state index is 0. The molecule has 3 aliphatic rings. The first kappa shape index (κ1) is 35.5. The van der Waals surface area contributed by atoms with Crippen LogP contribution in [0.1, 0.15) is 102 Å². The lowest BCUT2D eigenvalue weighted by atomic mass is 9.79. The summed E-state index contributed by atoms with van der Waals surface area (Å²) in [5, 5.41) is 0. The van der Waals surface area contributed by atoms with E-state index in [4.69, 9.17) is 14.2 Å². The number of esters is 1. The lowest BCUT2D eigenvalue weighted by molar-refractivity contribution is -0.134. The van der Waals surface area contributed by atoms with Gasteiger partial charge in [-0.1, -0.05) is 76.8 Å². The number of carbonyl (C=O) groups is 1. The third-order valence-electron chi connectivity index (χ3n) is 9.98. The number of rotatable bonds is 13. The van der Waals surface area contributed by atoms with Crippen LogP contribution in [0, 0.1) is 5.92 Å². The van der Waals surface area contributed by atoms with Gasteiger partial charge in [0.1, 0.15) is 17.1 Å².